The average molecular weight is 377 g/mol. The maximum atomic E-state index is 12.8. The summed E-state index contributed by atoms with van der Waals surface area (Å²) in [4.78, 5) is 19.0. The van der Waals surface area contributed by atoms with Gasteiger partial charge in [-0.2, -0.15) is 0 Å². The lowest BCUT2D eigenvalue weighted by atomic mass is 9.48. The van der Waals surface area contributed by atoms with Crippen LogP contribution in [0.3, 0.4) is 0 Å². The van der Waals surface area contributed by atoms with Crippen molar-refractivity contribution in [2.45, 2.75) is 55.8 Å². The second-order valence-corrected chi connectivity index (χ2v) is 10.0. The third-order valence-corrected chi connectivity index (χ3v) is 7.12. The lowest BCUT2D eigenvalue weighted by Crippen LogP contribution is -2.54. The average Bonchev–Trinajstić information content (AvgIpc) is 2.45. The zero-order valence-electron chi connectivity index (χ0n) is 13.8. The maximum absolute atomic E-state index is 12.8. The van der Waals surface area contributed by atoms with Gasteiger partial charge in [-0.25, -0.2) is 0 Å². The van der Waals surface area contributed by atoms with Crippen molar-refractivity contribution in [2.24, 2.45) is 17.3 Å². The molecule has 1 amide bonds. The standard InChI is InChI=1S/C19H25BrN2O/c1-22(12-16-4-2-3-5-21-16)17(23)11-18-7-14-6-15(8-18)10-19(20,9-14)13-18/h2-5,14-15H,6-13H2,1H3. The molecule has 4 fully saturated rings. The molecule has 0 spiro atoms. The minimum absolute atomic E-state index is 0.253. The highest BCUT2D eigenvalue weighted by Crippen LogP contribution is 2.65. The van der Waals surface area contributed by atoms with Gasteiger partial charge in [0, 0.05) is 24.0 Å². The van der Waals surface area contributed by atoms with Crippen LogP contribution in [0.2, 0.25) is 0 Å². The van der Waals surface area contributed by atoms with Gasteiger partial charge in [-0.1, -0.05) is 22.0 Å². The van der Waals surface area contributed by atoms with Crippen molar-refractivity contribution in [3.05, 3.63) is 30.1 Å². The number of carbonyl (C=O) groups is 1. The first-order chi connectivity index (χ1) is 11.0. The molecule has 0 N–H and O–H groups in total. The van der Waals surface area contributed by atoms with E-state index < -0.39 is 0 Å². The van der Waals surface area contributed by atoms with E-state index in [1.807, 2.05) is 30.1 Å². The number of hydrogen-bond acceptors (Lipinski definition) is 2. The molecule has 4 aliphatic carbocycles. The molecule has 1 aromatic heterocycles. The first kappa shape index (κ1) is 15.6. The van der Waals surface area contributed by atoms with E-state index in [1.165, 1.54) is 38.5 Å². The zero-order chi connectivity index (χ0) is 16.1. The molecule has 23 heavy (non-hydrogen) atoms. The fourth-order valence-electron chi connectivity index (χ4n) is 5.82. The van der Waals surface area contributed by atoms with Crippen molar-refractivity contribution in [1.82, 2.24) is 9.88 Å². The Labute approximate surface area is 147 Å². The van der Waals surface area contributed by atoms with E-state index in [4.69, 9.17) is 0 Å². The lowest BCUT2D eigenvalue weighted by Gasteiger charge is -2.60. The van der Waals surface area contributed by atoms with E-state index in [9.17, 15) is 4.79 Å². The Hall–Kier alpha value is -0.900. The van der Waals surface area contributed by atoms with E-state index in [2.05, 4.69) is 20.9 Å². The molecule has 4 aliphatic rings. The van der Waals surface area contributed by atoms with Crippen molar-refractivity contribution in [1.29, 1.82) is 0 Å². The normalized spacial score (nSPS) is 37.8. The van der Waals surface area contributed by atoms with Gasteiger partial charge in [0.25, 0.3) is 0 Å². The molecule has 2 atom stereocenters. The number of hydrogen-bond donors (Lipinski definition) is 0. The van der Waals surface area contributed by atoms with Crippen LogP contribution < -0.4 is 0 Å². The minimum atomic E-state index is 0.253. The maximum Gasteiger partial charge on any atom is 0.223 e. The molecule has 0 radical (unpaired) electrons. The van der Waals surface area contributed by atoms with E-state index in [0.717, 1.165) is 24.0 Å². The Kier molecular flexibility index (Phi) is 3.79. The molecule has 4 heteroatoms. The Morgan fingerprint density at radius 1 is 1.30 bits per heavy atom. The highest BCUT2D eigenvalue weighted by molar-refractivity contribution is 9.10. The number of alkyl halides is 1. The number of nitrogens with zero attached hydrogens (tertiary/aromatic N) is 2. The van der Waals surface area contributed by atoms with Gasteiger partial charge in [0.2, 0.25) is 5.91 Å². The predicted molar refractivity (Wildman–Crippen MR) is 94.1 cm³/mol. The third kappa shape index (κ3) is 3.07. The van der Waals surface area contributed by atoms with Crippen LogP contribution in [-0.4, -0.2) is 27.2 Å². The van der Waals surface area contributed by atoms with E-state index in [-0.39, 0.29) is 11.3 Å². The van der Waals surface area contributed by atoms with Gasteiger partial charge >= 0.3 is 0 Å². The zero-order valence-corrected chi connectivity index (χ0v) is 15.4. The summed E-state index contributed by atoms with van der Waals surface area (Å²) < 4.78 is 0.330. The number of rotatable bonds is 4. The van der Waals surface area contributed by atoms with E-state index in [0.29, 0.717) is 10.9 Å². The molecule has 0 saturated heterocycles. The van der Waals surface area contributed by atoms with Crippen LogP contribution in [0, 0.1) is 17.3 Å². The molecule has 4 saturated carbocycles. The third-order valence-electron chi connectivity index (χ3n) is 6.19. The van der Waals surface area contributed by atoms with Gasteiger partial charge in [-0.05, 0) is 67.9 Å². The molecule has 5 rings (SSSR count). The van der Waals surface area contributed by atoms with Crippen molar-refractivity contribution < 1.29 is 4.79 Å². The number of aromatic nitrogens is 1. The summed E-state index contributed by atoms with van der Waals surface area (Å²) in [5.74, 6) is 1.96. The lowest BCUT2D eigenvalue weighted by molar-refractivity contribution is -0.137. The summed E-state index contributed by atoms with van der Waals surface area (Å²) in [5, 5.41) is 0. The summed E-state index contributed by atoms with van der Waals surface area (Å²) in [6, 6.07) is 5.88. The Morgan fingerprint density at radius 2 is 2.04 bits per heavy atom. The van der Waals surface area contributed by atoms with Gasteiger partial charge < -0.3 is 4.90 Å². The molecule has 4 bridgehead atoms. The largest absolute Gasteiger partial charge is 0.340 e. The van der Waals surface area contributed by atoms with E-state index >= 15 is 0 Å². The van der Waals surface area contributed by atoms with Crippen LogP contribution in [0.5, 0.6) is 0 Å². The topological polar surface area (TPSA) is 33.2 Å². The first-order valence-electron chi connectivity index (χ1n) is 8.78. The van der Waals surface area contributed by atoms with Gasteiger partial charge in [0.15, 0.2) is 0 Å². The van der Waals surface area contributed by atoms with Gasteiger partial charge in [0.05, 0.1) is 12.2 Å². The fraction of sp³-hybridized carbons (Fsp3) is 0.684. The molecule has 0 aromatic carbocycles. The second kappa shape index (κ2) is 5.58. The highest BCUT2D eigenvalue weighted by Gasteiger charge is 2.57. The van der Waals surface area contributed by atoms with Crippen LogP contribution in [0.15, 0.2) is 24.4 Å². The summed E-state index contributed by atoms with van der Waals surface area (Å²) in [6.07, 6.45) is 10.3. The van der Waals surface area contributed by atoms with Crippen LogP contribution in [0.25, 0.3) is 0 Å². The summed E-state index contributed by atoms with van der Waals surface area (Å²) in [7, 11) is 1.92. The second-order valence-electron chi connectivity index (χ2n) is 8.36. The van der Waals surface area contributed by atoms with Crippen molar-refractivity contribution in [3.8, 4) is 0 Å². The molecule has 1 heterocycles. The van der Waals surface area contributed by atoms with E-state index in [1.54, 1.807) is 6.20 Å². The number of carbonyl (C=O) groups excluding carboxylic acids is 1. The first-order valence-corrected chi connectivity index (χ1v) is 9.58. The minimum Gasteiger partial charge on any atom is -0.340 e. The van der Waals surface area contributed by atoms with Gasteiger partial charge in [0.1, 0.15) is 0 Å². The van der Waals surface area contributed by atoms with Crippen LogP contribution >= 0.6 is 15.9 Å². The van der Waals surface area contributed by atoms with Crippen LogP contribution in [-0.2, 0) is 11.3 Å². The number of halogens is 1. The Bertz CT molecular complexity index is 589. The monoisotopic (exact) mass is 376 g/mol. The van der Waals surface area contributed by atoms with Crippen LogP contribution in [0.4, 0.5) is 0 Å². The fourth-order valence-corrected chi connectivity index (χ4v) is 7.33. The summed E-state index contributed by atoms with van der Waals surface area (Å²) in [6.45, 7) is 0.613. The van der Waals surface area contributed by atoms with Crippen molar-refractivity contribution >= 4 is 21.8 Å². The molecule has 124 valence electrons. The number of amides is 1. The number of pyridine rings is 1. The summed E-state index contributed by atoms with van der Waals surface area (Å²) in [5.41, 5.74) is 1.22. The van der Waals surface area contributed by atoms with Crippen molar-refractivity contribution in [3.63, 3.8) is 0 Å². The SMILES string of the molecule is CN(Cc1ccccn1)C(=O)CC12CC3CC(CC(Br)(C3)C1)C2. The molecular weight excluding hydrogens is 352 g/mol. The predicted octanol–water partition coefficient (Wildman–Crippen LogP) is 4.16. The van der Waals surface area contributed by atoms with Crippen LogP contribution in [0.1, 0.15) is 50.6 Å². The smallest absolute Gasteiger partial charge is 0.223 e. The summed E-state index contributed by atoms with van der Waals surface area (Å²) >= 11 is 4.04. The van der Waals surface area contributed by atoms with Gasteiger partial charge in [-0.3, -0.25) is 9.78 Å². The highest BCUT2D eigenvalue weighted by atomic mass is 79.9. The Balaban J connectivity index is 1.44. The molecule has 2 unspecified atom stereocenters. The van der Waals surface area contributed by atoms with Gasteiger partial charge in [-0.15, -0.1) is 0 Å². The van der Waals surface area contributed by atoms with Crippen molar-refractivity contribution in [2.75, 3.05) is 7.05 Å². The quantitative estimate of drug-likeness (QED) is 0.738. The molecular formula is C19H25BrN2O. The molecule has 3 nitrogen and oxygen atoms in total. The molecule has 0 aliphatic heterocycles. The Morgan fingerprint density at radius 3 is 2.65 bits per heavy atom. The molecule has 1 aromatic rings.